The summed E-state index contributed by atoms with van der Waals surface area (Å²) in [6.07, 6.45) is 9.17. The van der Waals surface area contributed by atoms with Crippen LogP contribution >= 0.6 is 0 Å². The minimum atomic E-state index is -0.236. The summed E-state index contributed by atoms with van der Waals surface area (Å²) >= 11 is 0. The number of rotatable bonds is 6. The van der Waals surface area contributed by atoms with E-state index < -0.39 is 0 Å². The molecule has 1 aliphatic rings. The molecule has 1 fully saturated rings. The van der Waals surface area contributed by atoms with Crippen LogP contribution in [0.25, 0.3) is 22.3 Å². The fraction of sp³-hybridized carbons (Fsp3) is 0.318. The number of anilines is 2. The summed E-state index contributed by atoms with van der Waals surface area (Å²) in [5, 5.41) is 11.4. The van der Waals surface area contributed by atoms with E-state index in [-0.39, 0.29) is 11.9 Å². The van der Waals surface area contributed by atoms with Crippen LogP contribution in [0.4, 0.5) is 11.8 Å². The number of nitrogens with zero attached hydrogens (tertiary/aromatic N) is 6. The molecule has 0 unspecified atom stereocenters. The van der Waals surface area contributed by atoms with E-state index in [2.05, 4.69) is 30.7 Å². The molecule has 0 aliphatic heterocycles. The minimum Gasteiger partial charge on any atom is -0.351 e. The first-order valence-corrected chi connectivity index (χ1v) is 10.4. The smallest absolute Gasteiger partial charge is 0.260 e. The van der Waals surface area contributed by atoms with Crippen molar-refractivity contribution in [3.63, 3.8) is 0 Å². The van der Waals surface area contributed by atoms with Gasteiger partial charge in [-0.3, -0.25) is 9.48 Å². The quantitative estimate of drug-likeness (QED) is 0.498. The molecule has 0 bridgehead atoms. The Kier molecular flexibility index (Phi) is 4.65. The molecule has 9 nitrogen and oxygen atoms in total. The lowest BCUT2D eigenvalue weighted by molar-refractivity contribution is 0.102. The van der Waals surface area contributed by atoms with Gasteiger partial charge in [0.2, 0.25) is 5.95 Å². The number of amides is 1. The molecule has 5 rings (SSSR count). The molecule has 2 N–H and O–H groups in total. The first-order chi connectivity index (χ1) is 15.0. The van der Waals surface area contributed by atoms with Gasteiger partial charge in [0.25, 0.3) is 5.91 Å². The zero-order valence-corrected chi connectivity index (χ0v) is 17.7. The van der Waals surface area contributed by atoms with Crippen LogP contribution in [0.1, 0.15) is 43.1 Å². The molecule has 4 aromatic heterocycles. The number of aryl methyl sites for hydroxylation is 1. The number of pyridine rings is 1. The summed E-state index contributed by atoms with van der Waals surface area (Å²) in [6.45, 7) is 4.03. The van der Waals surface area contributed by atoms with Crippen molar-refractivity contribution in [2.45, 2.75) is 38.8 Å². The number of hydrogen-bond donors (Lipinski definition) is 2. The van der Waals surface area contributed by atoms with E-state index in [9.17, 15) is 4.79 Å². The van der Waals surface area contributed by atoms with Crippen molar-refractivity contribution in [2.24, 2.45) is 7.05 Å². The Morgan fingerprint density at radius 1 is 1.19 bits per heavy atom. The summed E-state index contributed by atoms with van der Waals surface area (Å²) in [5.41, 5.74) is 3.25. The van der Waals surface area contributed by atoms with E-state index in [1.165, 1.54) is 12.8 Å². The van der Waals surface area contributed by atoms with Gasteiger partial charge in [0.05, 0.1) is 28.7 Å². The highest BCUT2D eigenvalue weighted by Gasteiger charge is 2.22. The molecule has 9 heteroatoms. The van der Waals surface area contributed by atoms with Gasteiger partial charge in [-0.15, -0.1) is 0 Å². The fourth-order valence-corrected chi connectivity index (χ4v) is 3.45. The molecule has 158 valence electrons. The second-order valence-electron chi connectivity index (χ2n) is 8.16. The molecule has 0 spiro atoms. The second-order valence-corrected chi connectivity index (χ2v) is 8.16. The first kappa shape index (κ1) is 19.2. The number of carbonyl (C=O) groups is 1. The largest absolute Gasteiger partial charge is 0.351 e. The number of aromatic nitrogens is 6. The SMILES string of the molecule is CC(C)n1cc(C(=O)Nc2cc3c(cn2)cc(-c2ccnc(NC4CC4)n2)n3C)cn1. The molecular weight excluding hydrogens is 392 g/mol. The van der Waals surface area contributed by atoms with Crippen molar-refractivity contribution >= 4 is 28.6 Å². The average Bonchev–Trinajstić information content (AvgIpc) is 3.31. The molecule has 31 heavy (non-hydrogen) atoms. The Hall–Kier alpha value is -3.75. The van der Waals surface area contributed by atoms with Gasteiger partial charge in [0, 0.05) is 49.2 Å². The summed E-state index contributed by atoms with van der Waals surface area (Å²) in [5.74, 6) is 0.902. The van der Waals surface area contributed by atoms with Gasteiger partial charge in [-0.25, -0.2) is 15.0 Å². The van der Waals surface area contributed by atoms with Gasteiger partial charge < -0.3 is 15.2 Å². The monoisotopic (exact) mass is 416 g/mol. The van der Waals surface area contributed by atoms with Gasteiger partial charge in [-0.2, -0.15) is 5.10 Å². The molecule has 4 heterocycles. The lowest BCUT2D eigenvalue weighted by atomic mass is 10.2. The summed E-state index contributed by atoms with van der Waals surface area (Å²) in [7, 11) is 1.98. The molecule has 1 amide bonds. The predicted molar refractivity (Wildman–Crippen MR) is 119 cm³/mol. The van der Waals surface area contributed by atoms with E-state index in [1.54, 1.807) is 29.5 Å². The van der Waals surface area contributed by atoms with Crippen LogP contribution < -0.4 is 10.6 Å². The van der Waals surface area contributed by atoms with Crippen molar-refractivity contribution in [2.75, 3.05) is 10.6 Å². The van der Waals surface area contributed by atoms with Crippen molar-refractivity contribution in [3.8, 4) is 11.4 Å². The molecule has 1 saturated carbocycles. The summed E-state index contributed by atoms with van der Waals surface area (Å²) in [4.78, 5) is 26.0. The van der Waals surface area contributed by atoms with Crippen LogP contribution in [0, 0.1) is 0 Å². The molecule has 0 atom stereocenters. The summed E-state index contributed by atoms with van der Waals surface area (Å²) < 4.78 is 3.80. The standard InChI is InChI=1S/C22H24N8O/c1-13(2)30-12-15(11-25-30)21(31)28-20-9-18-14(10-24-20)8-19(29(18)3)17-6-7-23-22(27-17)26-16-4-5-16/h6-13,16H,4-5H2,1-3H3,(H,23,26,27)(H,24,28,31). The Bertz CT molecular complexity index is 1270. The highest BCUT2D eigenvalue weighted by Crippen LogP contribution is 2.28. The maximum atomic E-state index is 12.6. The third kappa shape index (κ3) is 3.86. The van der Waals surface area contributed by atoms with Crippen molar-refractivity contribution in [3.05, 3.63) is 48.5 Å². The van der Waals surface area contributed by atoms with E-state index in [4.69, 9.17) is 0 Å². The molecule has 0 saturated heterocycles. The maximum absolute atomic E-state index is 12.6. The van der Waals surface area contributed by atoms with E-state index in [0.29, 0.717) is 23.4 Å². The average molecular weight is 416 g/mol. The van der Waals surface area contributed by atoms with Crippen LogP contribution in [0.5, 0.6) is 0 Å². The summed E-state index contributed by atoms with van der Waals surface area (Å²) in [6, 6.07) is 6.50. The molecule has 0 aromatic carbocycles. The Labute approximate surface area is 179 Å². The number of nitrogens with one attached hydrogen (secondary N) is 2. The second kappa shape index (κ2) is 7.50. The first-order valence-electron chi connectivity index (χ1n) is 10.4. The number of carbonyl (C=O) groups excluding carboxylic acids is 1. The topological polar surface area (TPSA) is 103 Å². The van der Waals surface area contributed by atoms with Crippen LogP contribution in [-0.4, -0.2) is 41.2 Å². The lowest BCUT2D eigenvalue weighted by Crippen LogP contribution is -2.12. The fourth-order valence-electron chi connectivity index (χ4n) is 3.45. The zero-order chi connectivity index (χ0) is 21.5. The normalized spacial score (nSPS) is 13.7. The third-order valence-electron chi connectivity index (χ3n) is 5.39. The van der Waals surface area contributed by atoms with Crippen LogP contribution in [-0.2, 0) is 7.05 Å². The van der Waals surface area contributed by atoms with Gasteiger partial charge in [0.15, 0.2) is 0 Å². The van der Waals surface area contributed by atoms with Gasteiger partial charge in [-0.1, -0.05) is 0 Å². The van der Waals surface area contributed by atoms with E-state index >= 15 is 0 Å². The predicted octanol–water partition coefficient (Wildman–Crippen LogP) is 3.63. The molecular formula is C22H24N8O. The Balaban J connectivity index is 1.41. The van der Waals surface area contributed by atoms with Crippen molar-refractivity contribution < 1.29 is 4.79 Å². The molecule has 0 radical (unpaired) electrons. The van der Waals surface area contributed by atoms with E-state index in [0.717, 1.165) is 22.3 Å². The number of hydrogen-bond acceptors (Lipinski definition) is 6. The van der Waals surface area contributed by atoms with Gasteiger partial charge in [0.1, 0.15) is 5.82 Å². The molecule has 4 aromatic rings. The van der Waals surface area contributed by atoms with Crippen LogP contribution in [0.3, 0.4) is 0 Å². The van der Waals surface area contributed by atoms with Crippen molar-refractivity contribution in [1.82, 2.24) is 29.3 Å². The van der Waals surface area contributed by atoms with E-state index in [1.807, 2.05) is 43.7 Å². The van der Waals surface area contributed by atoms with Crippen molar-refractivity contribution in [1.29, 1.82) is 0 Å². The highest BCUT2D eigenvalue weighted by molar-refractivity contribution is 6.04. The third-order valence-corrected chi connectivity index (χ3v) is 5.39. The maximum Gasteiger partial charge on any atom is 0.260 e. The van der Waals surface area contributed by atoms with Crippen LogP contribution in [0.2, 0.25) is 0 Å². The Morgan fingerprint density at radius 3 is 2.77 bits per heavy atom. The van der Waals surface area contributed by atoms with Gasteiger partial charge in [-0.05, 0) is 38.8 Å². The minimum absolute atomic E-state index is 0.194. The highest BCUT2D eigenvalue weighted by atomic mass is 16.1. The van der Waals surface area contributed by atoms with Crippen LogP contribution in [0.15, 0.2) is 43.0 Å². The van der Waals surface area contributed by atoms with Gasteiger partial charge >= 0.3 is 0 Å². The Morgan fingerprint density at radius 2 is 2.03 bits per heavy atom. The zero-order valence-electron chi connectivity index (χ0n) is 17.7. The lowest BCUT2D eigenvalue weighted by Gasteiger charge is -2.07. The number of fused-ring (bicyclic) bond motifs is 1. The molecule has 1 aliphatic carbocycles.